The molecule has 23 heavy (non-hydrogen) atoms. The van der Waals surface area contributed by atoms with Gasteiger partial charge < -0.3 is 20.2 Å². The maximum absolute atomic E-state index is 12.0. The highest BCUT2D eigenvalue weighted by atomic mass is 16.5. The van der Waals surface area contributed by atoms with Gasteiger partial charge in [0.2, 0.25) is 5.76 Å². The summed E-state index contributed by atoms with van der Waals surface area (Å²) in [5.41, 5.74) is 7.93. The zero-order valence-electron chi connectivity index (χ0n) is 12.8. The van der Waals surface area contributed by atoms with E-state index in [1.54, 1.807) is 6.92 Å². The molecule has 0 saturated carbocycles. The number of hydrogen-bond donors (Lipinski definition) is 2. The molecule has 2 heterocycles. The summed E-state index contributed by atoms with van der Waals surface area (Å²) in [5, 5.41) is 2.78. The van der Waals surface area contributed by atoms with E-state index in [9.17, 15) is 4.79 Å². The van der Waals surface area contributed by atoms with Gasteiger partial charge in [-0.3, -0.25) is 4.79 Å². The van der Waals surface area contributed by atoms with Crippen LogP contribution in [0.4, 0.5) is 5.69 Å². The fourth-order valence-corrected chi connectivity index (χ4v) is 2.38. The van der Waals surface area contributed by atoms with E-state index in [2.05, 4.69) is 15.3 Å². The van der Waals surface area contributed by atoms with Crippen molar-refractivity contribution in [2.75, 3.05) is 11.9 Å². The number of rotatable bonds is 5. The Kier molecular flexibility index (Phi) is 4.27. The van der Waals surface area contributed by atoms with Gasteiger partial charge in [-0.15, -0.1) is 0 Å². The van der Waals surface area contributed by atoms with Crippen LogP contribution in [0.15, 0.2) is 40.1 Å². The van der Waals surface area contributed by atoms with Crippen molar-refractivity contribution in [2.24, 2.45) is 10.7 Å². The molecule has 1 amide bonds. The van der Waals surface area contributed by atoms with E-state index >= 15 is 0 Å². The van der Waals surface area contributed by atoms with E-state index in [0.29, 0.717) is 18.0 Å². The van der Waals surface area contributed by atoms with Gasteiger partial charge in [-0.2, -0.15) is 0 Å². The lowest BCUT2D eigenvalue weighted by Gasteiger charge is -2.07. The summed E-state index contributed by atoms with van der Waals surface area (Å²) < 4.78 is 10.2. The molecule has 120 valence electrons. The Labute approximate surface area is 133 Å². The van der Waals surface area contributed by atoms with Gasteiger partial charge in [0.1, 0.15) is 6.61 Å². The van der Waals surface area contributed by atoms with Gasteiger partial charge in [-0.05, 0) is 37.5 Å². The second kappa shape index (κ2) is 6.51. The van der Waals surface area contributed by atoms with Crippen molar-refractivity contribution in [2.45, 2.75) is 25.8 Å². The Morgan fingerprint density at radius 3 is 2.78 bits per heavy atom. The summed E-state index contributed by atoms with van der Waals surface area (Å²) in [6.45, 7) is 2.28. The zero-order chi connectivity index (χ0) is 16.2. The molecule has 0 aliphatic carbocycles. The molecule has 3 rings (SSSR count). The van der Waals surface area contributed by atoms with E-state index in [-0.39, 0.29) is 23.7 Å². The molecular weight excluding hydrogens is 296 g/mol. The number of oxazole rings is 1. The highest BCUT2D eigenvalue weighted by Gasteiger charge is 2.16. The number of carbonyl (C=O) groups is 1. The van der Waals surface area contributed by atoms with Crippen molar-refractivity contribution in [3.05, 3.63) is 47.7 Å². The van der Waals surface area contributed by atoms with E-state index in [0.717, 1.165) is 12.8 Å². The summed E-state index contributed by atoms with van der Waals surface area (Å²) in [5.74, 6) is -0.0774. The number of aromatic nitrogens is 1. The van der Waals surface area contributed by atoms with E-state index in [1.807, 2.05) is 24.3 Å². The van der Waals surface area contributed by atoms with Crippen LogP contribution in [-0.4, -0.2) is 29.6 Å². The standard InChI is InChI=1S/C16H18N4O3/c1-10-14(23-9-18-10)15(21)19-12-5-2-11(3-6-12)4-7-13-8-22-16(17)20-13/h2-3,5-6,9,13H,4,7-8H2,1H3,(H2,17,20)(H,19,21). The van der Waals surface area contributed by atoms with Gasteiger partial charge in [-0.1, -0.05) is 12.1 Å². The van der Waals surface area contributed by atoms with Gasteiger partial charge >= 0.3 is 0 Å². The molecule has 7 heteroatoms. The lowest BCUT2D eigenvalue weighted by atomic mass is 10.1. The molecular formula is C16H18N4O3. The van der Waals surface area contributed by atoms with Crippen LogP contribution in [0.1, 0.15) is 28.2 Å². The molecule has 0 radical (unpaired) electrons. The summed E-state index contributed by atoms with van der Waals surface area (Å²) in [6, 6.07) is 8.08. The van der Waals surface area contributed by atoms with Crippen LogP contribution in [0.3, 0.4) is 0 Å². The Bertz CT molecular complexity index is 721. The minimum absolute atomic E-state index is 0.129. The van der Waals surface area contributed by atoms with Crippen LogP contribution < -0.4 is 11.1 Å². The predicted octanol–water partition coefficient (Wildman–Crippen LogP) is 1.88. The Morgan fingerprint density at radius 1 is 1.39 bits per heavy atom. The molecule has 1 aliphatic rings. The van der Waals surface area contributed by atoms with Crippen LogP contribution >= 0.6 is 0 Å². The number of amides is 1. The second-order valence-electron chi connectivity index (χ2n) is 5.39. The number of hydrogen-bond acceptors (Lipinski definition) is 6. The van der Waals surface area contributed by atoms with Crippen molar-refractivity contribution in [1.29, 1.82) is 0 Å². The van der Waals surface area contributed by atoms with E-state index in [1.165, 1.54) is 12.0 Å². The number of aliphatic imine (C=N–C) groups is 1. The Hall–Kier alpha value is -2.83. The molecule has 1 aromatic heterocycles. The fourth-order valence-electron chi connectivity index (χ4n) is 2.38. The van der Waals surface area contributed by atoms with Crippen molar-refractivity contribution in [3.8, 4) is 0 Å². The van der Waals surface area contributed by atoms with Crippen molar-refractivity contribution >= 4 is 17.6 Å². The number of amidine groups is 1. The first-order valence-electron chi connectivity index (χ1n) is 7.38. The number of ether oxygens (including phenoxy) is 1. The first-order chi connectivity index (χ1) is 11.1. The highest BCUT2D eigenvalue weighted by molar-refractivity contribution is 6.02. The molecule has 7 nitrogen and oxygen atoms in total. The van der Waals surface area contributed by atoms with Gasteiger partial charge in [0.05, 0.1) is 11.7 Å². The molecule has 1 aliphatic heterocycles. The monoisotopic (exact) mass is 314 g/mol. The van der Waals surface area contributed by atoms with Crippen LogP contribution in [-0.2, 0) is 11.2 Å². The molecule has 0 fully saturated rings. The molecule has 0 saturated heterocycles. The first kappa shape index (κ1) is 15.1. The summed E-state index contributed by atoms with van der Waals surface area (Å²) in [6.07, 6.45) is 3.01. The average Bonchev–Trinajstić information content (AvgIpc) is 3.15. The number of aryl methyl sites for hydroxylation is 2. The van der Waals surface area contributed by atoms with Crippen molar-refractivity contribution in [3.63, 3.8) is 0 Å². The zero-order valence-corrected chi connectivity index (χ0v) is 12.8. The smallest absolute Gasteiger partial charge is 0.293 e. The van der Waals surface area contributed by atoms with Crippen LogP contribution in [0, 0.1) is 6.92 Å². The maximum Gasteiger partial charge on any atom is 0.293 e. The van der Waals surface area contributed by atoms with Gasteiger partial charge in [0.15, 0.2) is 6.39 Å². The van der Waals surface area contributed by atoms with E-state index in [4.69, 9.17) is 14.9 Å². The topological polar surface area (TPSA) is 103 Å². The summed E-state index contributed by atoms with van der Waals surface area (Å²) in [4.78, 5) is 20.1. The Morgan fingerprint density at radius 2 is 2.17 bits per heavy atom. The molecule has 0 bridgehead atoms. The summed E-state index contributed by atoms with van der Waals surface area (Å²) >= 11 is 0. The SMILES string of the molecule is Cc1ncoc1C(=O)Nc1ccc(CCC2COC(N)=N2)cc1. The van der Waals surface area contributed by atoms with Crippen LogP contribution in [0.25, 0.3) is 0 Å². The lowest BCUT2D eigenvalue weighted by Crippen LogP contribution is -2.12. The maximum atomic E-state index is 12.0. The molecule has 1 atom stereocenters. The Balaban J connectivity index is 1.55. The van der Waals surface area contributed by atoms with Gasteiger partial charge in [-0.25, -0.2) is 9.98 Å². The molecule has 1 aromatic carbocycles. The van der Waals surface area contributed by atoms with Crippen LogP contribution in [0.2, 0.25) is 0 Å². The number of benzene rings is 1. The third kappa shape index (κ3) is 3.68. The van der Waals surface area contributed by atoms with Gasteiger partial charge in [0.25, 0.3) is 11.9 Å². The number of carbonyl (C=O) groups excluding carboxylic acids is 1. The molecule has 0 spiro atoms. The third-order valence-corrected chi connectivity index (χ3v) is 3.66. The second-order valence-corrected chi connectivity index (χ2v) is 5.39. The molecule has 1 unspecified atom stereocenters. The number of nitrogens with one attached hydrogen (secondary N) is 1. The minimum Gasteiger partial charge on any atom is -0.463 e. The van der Waals surface area contributed by atoms with E-state index < -0.39 is 0 Å². The minimum atomic E-state index is -0.305. The molecule has 3 N–H and O–H groups in total. The number of anilines is 1. The highest BCUT2D eigenvalue weighted by Crippen LogP contribution is 2.16. The largest absolute Gasteiger partial charge is 0.463 e. The van der Waals surface area contributed by atoms with Crippen LogP contribution in [0.5, 0.6) is 0 Å². The predicted molar refractivity (Wildman–Crippen MR) is 85.3 cm³/mol. The summed E-state index contributed by atoms with van der Waals surface area (Å²) in [7, 11) is 0. The number of nitrogens with zero attached hydrogens (tertiary/aromatic N) is 2. The first-order valence-corrected chi connectivity index (χ1v) is 7.38. The lowest BCUT2D eigenvalue weighted by molar-refractivity contribution is 0.0996. The van der Waals surface area contributed by atoms with Crippen molar-refractivity contribution in [1.82, 2.24) is 4.98 Å². The quantitative estimate of drug-likeness (QED) is 0.877. The average molecular weight is 314 g/mol. The normalized spacial score (nSPS) is 16.7. The van der Waals surface area contributed by atoms with Crippen molar-refractivity contribution < 1.29 is 13.9 Å². The third-order valence-electron chi connectivity index (χ3n) is 3.66. The van der Waals surface area contributed by atoms with Gasteiger partial charge in [0, 0.05) is 5.69 Å². The fraction of sp³-hybridized carbons (Fsp3) is 0.312. The molecule has 2 aromatic rings. The number of nitrogens with two attached hydrogens (primary N) is 1.